The van der Waals surface area contributed by atoms with Crippen LogP contribution in [0.4, 0.5) is 10.1 Å². The van der Waals surface area contributed by atoms with Crippen molar-refractivity contribution >= 4 is 21.6 Å². The van der Waals surface area contributed by atoms with Gasteiger partial charge in [-0.25, -0.2) is 12.8 Å². The maximum absolute atomic E-state index is 13.2. The van der Waals surface area contributed by atoms with E-state index in [0.717, 1.165) is 16.4 Å². The van der Waals surface area contributed by atoms with E-state index in [1.54, 1.807) is 0 Å². The van der Waals surface area contributed by atoms with E-state index in [1.165, 1.54) is 6.07 Å². The van der Waals surface area contributed by atoms with Gasteiger partial charge in [0.25, 0.3) is 0 Å². The predicted molar refractivity (Wildman–Crippen MR) is 67.2 cm³/mol. The molecule has 1 aliphatic heterocycles. The first-order chi connectivity index (χ1) is 8.91. The second kappa shape index (κ2) is 5.14. The molecule has 1 fully saturated rings. The molecule has 2 rings (SSSR count). The Hall–Kier alpha value is -1.67. The summed E-state index contributed by atoms with van der Waals surface area (Å²) in [4.78, 5) is 10.9. The molecule has 1 heterocycles. The fourth-order valence-electron chi connectivity index (χ4n) is 1.86. The molecule has 1 aliphatic rings. The highest BCUT2D eigenvalue weighted by Gasteiger charge is 2.28. The van der Waals surface area contributed by atoms with Crippen molar-refractivity contribution in [1.29, 1.82) is 0 Å². The van der Waals surface area contributed by atoms with E-state index in [4.69, 9.17) is 5.73 Å². The van der Waals surface area contributed by atoms with Gasteiger partial charge in [-0.3, -0.25) is 4.79 Å². The van der Waals surface area contributed by atoms with E-state index in [-0.39, 0.29) is 42.5 Å². The van der Waals surface area contributed by atoms with Crippen molar-refractivity contribution in [3.05, 3.63) is 24.0 Å². The molecule has 0 bridgehead atoms. The van der Waals surface area contributed by atoms with Gasteiger partial charge in [-0.1, -0.05) is 0 Å². The molecule has 0 radical (unpaired) electrons. The highest BCUT2D eigenvalue weighted by molar-refractivity contribution is 7.89. The number of anilines is 1. The molecule has 1 aromatic rings. The van der Waals surface area contributed by atoms with E-state index in [0.29, 0.717) is 0 Å². The molecule has 0 atom stereocenters. The van der Waals surface area contributed by atoms with Gasteiger partial charge in [0.05, 0.1) is 5.69 Å². The van der Waals surface area contributed by atoms with Gasteiger partial charge in [0.15, 0.2) is 0 Å². The lowest BCUT2D eigenvalue weighted by Gasteiger charge is -2.20. The first-order valence-electron chi connectivity index (χ1n) is 5.73. The van der Waals surface area contributed by atoms with Gasteiger partial charge in [0.2, 0.25) is 15.9 Å². The molecule has 0 aliphatic carbocycles. The first-order valence-corrected chi connectivity index (χ1v) is 7.17. The highest BCUT2D eigenvalue weighted by atomic mass is 32.2. The first kappa shape index (κ1) is 13.8. The lowest BCUT2D eigenvalue weighted by Crippen LogP contribution is -2.34. The van der Waals surface area contributed by atoms with Gasteiger partial charge in [-0.05, 0) is 18.2 Å². The Labute approximate surface area is 110 Å². The van der Waals surface area contributed by atoms with Crippen molar-refractivity contribution in [3.63, 3.8) is 0 Å². The van der Waals surface area contributed by atoms with Gasteiger partial charge >= 0.3 is 0 Å². The zero-order chi connectivity index (χ0) is 14.0. The maximum atomic E-state index is 13.2. The Balaban J connectivity index is 2.36. The number of nitrogen functional groups attached to an aromatic ring is 1. The molecule has 104 valence electrons. The van der Waals surface area contributed by atoms with Gasteiger partial charge < -0.3 is 11.1 Å². The van der Waals surface area contributed by atoms with Crippen molar-refractivity contribution in [2.75, 3.05) is 25.4 Å². The Morgan fingerprint density at radius 3 is 2.79 bits per heavy atom. The molecule has 0 saturated carbocycles. The zero-order valence-electron chi connectivity index (χ0n) is 10.1. The Kier molecular flexibility index (Phi) is 3.72. The summed E-state index contributed by atoms with van der Waals surface area (Å²) in [5.74, 6) is -0.873. The smallest absolute Gasteiger partial charge is 0.245 e. The molecule has 8 heteroatoms. The van der Waals surface area contributed by atoms with Crippen LogP contribution in [0, 0.1) is 5.82 Å². The fraction of sp³-hybridized carbons (Fsp3) is 0.364. The van der Waals surface area contributed by atoms with Gasteiger partial charge in [-0.15, -0.1) is 0 Å². The molecule has 1 aromatic carbocycles. The van der Waals surface area contributed by atoms with E-state index in [2.05, 4.69) is 5.32 Å². The maximum Gasteiger partial charge on any atom is 0.245 e. The third-order valence-electron chi connectivity index (χ3n) is 2.87. The number of carbonyl (C=O) groups excluding carboxylic acids is 1. The molecule has 0 unspecified atom stereocenters. The van der Waals surface area contributed by atoms with Crippen LogP contribution < -0.4 is 11.1 Å². The average Bonchev–Trinajstić information content (AvgIpc) is 2.57. The van der Waals surface area contributed by atoms with Gasteiger partial charge in [0, 0.05) is 26.1 Å². The highest BCUT2D eigenvalue weighted by Crippen LogP contribution is 2.23. The van der Waals surface area contributed by atoms with Crippen molar-refractivity contribution < 1.29 is 17.6 Å². The molecule has 1 amide bonds. The van der Waals surface area contributed by atoms with Crippen molar-refractivity contribution in [2.45, 2.75) is 11.3 Å². The minimum Gasteiger partial charge on any atom is -0.398 e. The molecule has 6 nitrogen and oxygen atoms in total. The second-order valence-corrected chi connectivity index (χ2v) is 6.09. The normalized spacial score (nSPS) is 17.8. The summed E-state index contributed by atoms with van der Waals surface area (Å²) in [6.07, 6.45) is 0.0778. The number of nitrogens with zero attached hydrogens (tertiary/aromatic N) is 1. The number of nitrogens with two attached hydrogens (primary N) is 1. The Bertz CT molecular complexity index is 603. The number of halogens is 1. The number of amides is 1. The number of hydrogen-bond donors (Lipinski definition) is 2. The Morgan fingerprint density at radius 2 is 2.05 bits per heavy atom. The van der Waals surface area contributed by atoms with Crippen LogP contribution in [-0.2, 0) is 14.8 Å². The van der Waals surface area contributed by atoms with E-state index >= 15 is 0 Å². The lowest BCUT2D eigenvalue weighted by molar-refractivity contribution is -0.120. The standard InChI is InChI=1S/C11H14FN3O3S/c12-8-1-2-9(13)10(7-8)19(17,18)15-5-3-11(16)14-4-6-15/h1-2,7H,3-6,13H2,(H,14,16). The second-order valence-electron chi connectivity index (χ2n) is 4.19. The average molecular weight is 287 g/mol. The van der Waals surface area contributed by atoms with Crippen molar-refractivity contribution in [3.8, 4) is 0 Å². The molecule has 19 heavy (non-hydrogen) atoms. The van der Waals surface area contributed by atoms with Crippen LogP contribution in [0.1, 0.15) is 6.42 Å². The Morgan fingerprint density at radius 1 is 1.32 bits per heavy atom. The summed E-state index contributed by atoms with van der Waals surface area (Å²) in [6.45, 7) is 0.432. The molecule has 0 aromatic heterocycles. The van der Waals surface area contributed by atoms with E-state index in [9.17, 15) is 17.6 Å². The van der Waals surface area contributed by atoms with Crippen LogP contribution in [-0.4, -0.2) is 38.3 Å². The molecule has 0 spiro atoms. The SMILES string of the molecule is Nc1ccc(F)cc1S(=O)(=O)N1CCNC(=O)CC1. The molecule has 1 saturated heterocycles. The number of benzene rings is 1. The summed E-state index contributed by atoms with van der Waals surface area (Å²) in [6, 6.07) is 3.20. The van der Waals surface area contributed by atoms with Crippen LogP contribution >= 0.6 is 0 Å². The lowest BCUT2D eigenvalue weighted by atomic mass is 10.3. The van der Waals surface area contributed by atoms with Gasteiger partial charge in [-0.2, -0.15) is 4.31 Å². The quantitative estimate of drug-likeness (QED) is 0.744. The predicted octanol–water partition coefficient (Wildman–Crippen LogP) is -0.0815. The largest absolute Gasteiger partial charge is 0.398 e. The minimum absolute atomic E-state index is 0.00932. The number of hydrogen-bond acceptors (Lipinski definition) is 4. The third kappa shape index (κ3) is 2.85. The topological polar surface area (TPSA) is 92.5 Å². The summed E-state index contributed by atoms with van der Waals surface area (Å²) >= 11 is 0. The number of carbonyl (C=O) groups is 1. The minimum atomic E-state index is -3.89. The number of nitrogens with one attached hydrogen (secondary N) is 1. The van der Waals surface area contributed by atoms with Crippen LogP contribution in [0.3, 0.4) is 0 Å². The van der Waals surface area contributed by atoms with Crippen LogP contribution in [0.5, 0.6) is 0 Å². The number of rotatable bonds is 2. The fourth-order valence-corrected chi connectivity index (χ4v) is 3.43. The summed E-state index contributed by atoms with van der Waals surface area (Å²) < 4.78 is 39.0. The third-order valence-corrected chi connectivity index (χ3v) is 4.82. The zero-order valence-corrected chi connectivity index (χ0v) is 10.9. The molecule has 3 N–H and O–H groups in total. The van der Waals surface area contributed by atoms with Gasteiger partial charge in [0.1, 0.15) is 10.7 Å². The molecular weight excluding hydrogens is 273 g/mol. The van der Waals surface area contributed by atoms with E-state index in [1.807, 2.05) is 0 Å². The molecular formula is C11H14FN3O3S. The van der Waals surface area contributed by atoms with Crippen LogP contribution in [0.25, 0.3) is 0 Å². The van der Waals surface area contributed by atoms with E-state index < -0.39 is 15.8 Å². The van der Waals surface area contributed by atoms with Crippen molar-refractivity contribution in [2.24, 2.45) is 0 Å². The summed E-state index contributed by atoms with van der Waals surface area (Å²) in [5.41, 5.74) is 5.58. The summed E-state index contributed by atoms with van der Waals surface area (Å²) in [7, 11) is -3.89. The number of sulfonamides is 1. The van der Waals surface area contributed by atoms with Crippen molar-refractivity contribution in [1.82, 2.24) is 9.62 Å². The monoisotopic (exact) mass is 287 g/mol. The van der Waals surface area contributed by atoms with Crippen LogP contribution in [0.2, 0.25) is 0 Å². The summed E-state index contributed by atoms with van der Waals surface area (Å²) in [5, 5.41) is 2.57. The van der Waals surface area contributed by atoms with Crippen LogP contribution in [0.15, 0.2) is 23.1 Å².